The molecular weight excluding hydrogens is 400 g/mol. The number of anilines is 1. The fraction of sp³-hybridized carbons (Fsp3) is 0.273. The van der Waals surface area contributed by atoms with Crippen LogP contribution in [-0.2, 0) is 9.59 Å². The molecule has 1 N–H and O–H groups in total. The smallest absolute Gasteiger partial charge is 0.260 e. The molecule has 0 aliphatic carbocycles. The van der Waals surface area contributed by atoms with Crippen molar-refractivity contribution in [2.45, 2.75) is 19.8 Å². The Labute approximate surface area is 179 Å². The second-order valence-electron chi connectivity index (χ2n) is 6.56. The molecule has 30 heavy (non-hydrogen) atoms. The van der Waals surface area contributed by atoms with E-state index in [2.05, 4.69) is 15.5 Å². The van der Waals surface area contributed by atoms with Gasteiger partial charge in [-0.1, -0.05) is 66.8 Å². The highest BCUT2D eigenvalue weighted by Gasteiger charge is 2.16. The molecule has 3 rings (SSSR count). The lowest BCUT2D eigenvalue weighted by molar-refractivity contribution is -0.133. The third-order valence-electron chi connectivity index (χ3n) is 4.25. The molecule has 0 spiro atoms. The van der Waals surface area contributed by atoms with Crippen LogP contribution in [-0.4, -0.2) is 46.6 Å². The van der Waals surface area contributed by atoms with Crippen molar-refractivity contribution in [3.05, 3.63) is 60.7 Å². The maximum Gasteiger partial charge on any atom is 0.260 e. The first kappa shape index (κ1) is 21.4. The highest BCUT2D eigenvalue weighted by molar-refractivity contribution is 7.18. The summed E-state index contributed by atoms with van der Waals surface area (Å²) in [5.41, 5.74) is 0.952. The number of hydrogen-bond donors (Lipinski definition) is 1. The predicted molar refractivity (Wildman–Crippen MR) is 117 cm³/mol. The van der Waals surface area contributed by atoms with E-state index in [1.165, 1.54) is 11.3 Å². The van der Waals surface area contributed by atoms with Crippen molar-refractivity contribution in [1.29, 1.82) is 0 Å². The first-order valence-electron chi connectivity index (χ1n) is 9.80. The number of ether oxygens (including phenoxy) is 1. The summed E-state index contributed by atoms with van der Waals surface area (Å²) < 4.78 is 5.53. The van der Waals surface area contributed by atoms with Crippen LogP contribution in [0.5, 0.6) is 5.75 Å². The SMILES string of the molecule is CCCN(CCC(=O)Nc1nnc(-c2ccccc2)s1)C(=O)COc1ccccc1. The first-order chi connectivity index (χ1) is 14.7. The molecule has 0 unspecified atom stereocenters. The lowest BCUT2D eigenvalue weighted by Crippen LogP contribution is -2.37. The van der Waals surface area contributed by atoms with Crippen LogP contribution < -0.4 is 10.1 Å². The van der Waals surface area contributed by atoms with Crippen LogP contribution in [0.2, 0.25) is 0 Å². The number of para-hydroxylation sites is 1. The van der Waals surface area contributed by atoms with E-state index in [1.54, 1.807) is 17.0 Å². The van der Waals surface area contributed by atoms with Gasteiger partial charge in [0.25, 0.3) is 5.91 Å². The summed E-state index contributed by atoms with van der Waals surface area (Å²) in [6, 6.07) is 18.9. The molecule has 0 saturated heterocycles. The molecule has 0 saturated carbocycles. The summed E-state index contributed by atoms with van der Waals surface area (Å²) in [6.07, 6.45) is 0.979. The van der Waals surface area contributed by atoms with Gasteiger partial charge in [0.1, 0.15) is 10.8 Å². The van der Waals surface area contributed by atoms with Gasteiger partial charge < -0.3 is 15.0 Å². The van der Waals surface area contributed by atoms with Crippen molar-refractivity contribution in [3.8, 4) is 16.3 Å². The minimum Gasteiger partial charge on any atom is -0.484 e. The monoisotopic (exact) mass is 424 g/mol. The Morgan fingerprint density at radius 3 is 2.40 bits per heavy atom. The zero-order valence-corrected chi connectivity index (χ0v) is 17.6. The van der Waals surface area contributed by atoms with E-state index in [1.807, 2.05) is 55.5 Å². The van der Waals surface area contributed by atoms with Gasteiger partial charge in [0.05, 0.1) is 0 Å². The van der Waals surface area contributed by atoms with Gasteiger partial charge in [-0.15, -0.1) is 10.2 Å². The van der Waals surface area contributed by atoms with Gasteiger partial charge >= 0.3 is 0 Å². The van der Waals surface area contributed by atoms with Crippen LogP contribution >= 0.6 is 11.3 Å². The molecule has 0 aliphatic heterocycles. The fourth-order valence-corrected chi connectivity index (χ4v) is 3.54. The number of nitrogens with one attached hydrogen (secondary N) is 1. The average molecular weight is 425 g/mol. The molecule has 8 heteroatoms. The van der Waals surface area contributed by atoms with Gasteiger partial charge in [0.2, 0.25) is 11.0 Å². The second kappa shape index (κ2) is 11.1. The Morgan fingerprint density at radius 1 is 1.00 bits per heavy atom. The van der Waals surface area contributed by atoms with Gasteiger partial charge in [0.15, 0.2) is 6.61 Å². The van der Waals surface area contributed by atoms with E-state index in [-0.39, 0.29) is 24.8 Å². The second-order valence-corrected chi connectivity index (χ2v) is 7.54. The molecule has 2 amide bonds. The van der Waals surface area contributed by atoms with E-state index < -0.39 is 0 Å². The number of carbonyl (C=O) groups excluding carboxylic acids is 2. The van der Waals surface area contributed by atoms with E-state index in [0.717, 1.165) is 17.0 Å². The molecule has 3 aromatic rings. The largest absolute Gasteiger partial charge is 0.484 e. The normalized spacial score (nSPS) is 10.4. The first-order valence-corrected chi connectivity index (χ1v) is 10.6. The van der Waals surface area contributed by atoms with Crippen LogP contribution in [0.25, 0.3) is 10.6 Å². The summed E-state index contributed by atoms with van der Waals surface area (Å²) in [4.78, 5) is 26.5. The summed E-state index contributed by atoms with van der Waals surface area (Å²) in [5, 5.41) is 12.1. The van der Waals surface area contributed by atoms with Gasteiger partial charge in [-0.25, -0.2) is 0 Å². The summed E-state index contributed by atoms with van der Waals surface area (Å²) in [5.74, 6) is 0.296. The maximum atomic E-state index is 12.5. The molecule has 0 bridgehead atoms. The Hall–Kier alpha value is -3.26. The Kier molecular flexibility index (Phi) is 7.91. The molecule has 1 aromatic heterocycles. The van der Waals surface area contributed by atoms with E-state index in [0.29, 0.717) is 24.0 Å². The Bertz CT molecular complexity index is 947. The molecule has 1 heterocycles. The van der Waals surface area contributed by atoms with Gasteiger partial charge in [-0.05, 0) is 18.6 Å². The number of rotatable bonds is 10. The van der Waals surface area contributed by atoms with E-state index in [9.17, 15) is 9.59 Å². The van der Waals surface area contributed by atoms with Crippen molar-refractivity contribution in [2.24, 2.45) is 0 Å². The number of amides is 2. The number of benzene rings is 2. The molecule has 0 radical (unpaired) electrons. The number of carbonyl (C=O) groups is 2. The molecule has 7 nitrogen and oxygen atoms in total. The summed E-state index contributed by atoms with van der Waals surface area (Å²) in [6.45, 7) is 2.83. The van der Waals surface area contributed by atoms with Gasteiger partial charge in [0, 0.05) is 25.1 Å². The quantitative estimate of drug-likeness (QED) is 0.534. The van der Waals surface area contributed by atoms with Crippen molar-refractivity contribution in [1.82, 2.24) is 15.1 Å². The van der Waals surface area contributed by atoms with Gasteiger partial charge in [-0.2, -0.15) is 0 Å². The fourth-order valence-electron chi connectivity index (χ4n) is 2.77. The lowest BCUT2D eigenvalue weighted by Gasteiger charge is -2.21. The molecule has 0 atom stereocenters. The molecule has 156 valence electrons. The minimum atomic E-state index is -0.205. The average Bonchev–Trinajstić information content (AvgIpc) is 3.24. The summed E-state index contributed by atoms with van der Waals surface area (Å²) >= 11 is 1.32. The molecular formula is C22H24N4O3S. The molecule has 0 fully saturated rings. The van der Waals surface area contributed by atoms with Crippen molar-refractivity contribution in [2.75, 3.05) is 25.0 Å². The van der Waals surface area contributed by atoms with Crippen molar-refractivity contribution in [3.63, 3.8) is 0 Å². The van der Waals surface area contributed by atoms with E-state index >= 15 is 0 Å². The Morgan fingerprint density at radius 2 is 1.70 bits per heavy atom. The third kappa shape index (κ3) is 6.38. The number of aromatic nitrogens is 2. The predicted octanol–water partition coefficient (Wildman–Crippen LogP) is 3.85. The van der Waals surface area contributed by atoms with Gasteiger partial charge in [-0.3, -0.25) is 9.59 Å². The molecule has 0 aliphatic rings. The highest BCUT2D eigenvalue weighted by Crippen LogP contribution is 2.25. The topological polar surface area (TPSA) is 84.4 Å². The van der Waals surface area contributed by atoms with Crippen molar-refractivity contribution >= 4 is 28.3 Å². The standard InChI is InChI=1S/C22H24N4O3S/c1-2-14-26(20(28)16-29-18-11-7-4-8-12-18)15-13-19(27)23-22-25-24-21(30-22)17-9-5-3-6-10-17/h3-12H,2,13-16H2,1H3,(H,23,25,27). The highest BCUT2D eigenvalue weighted by atomic mass is 32.1. The van der Waals surface area contributed by atoms with Crippen LogP contribution in [0.3, 0.4) is 0 Å². The maximum absolute atomic E-state index is 12.5. The van der Waals surface area contributed by atoms with Crippen LogP contribution in [0.15, 0.2) is 60.7 Å². The van der Waals surface area contributed by atoms with Crippen LogP contribution in [0, 0.1) is 0 Å². The Balaban J connectivity index is 1.48. The number of nitrogens with zero attached hydrogens (tertiary/aromatic N) is 3. The van der Waals surface area contributed by atoms with Crippen LogP contribution in [0.4, 0.5) is 5.13 Å². The van der Waals surface area contributed by atoms with Crippen LogP contribution in [0.1, 0.15) is 19.8 Å². The van der Waals surface area contributed by atoms with Crippen molar-refractivity contribution < 1.29 is 14.3 Å². The minimum absolute atomic E-state index is 0.0531. The lowest BCUT2D eigenvalue weighted by atomic mass is 10.2. The zero-order chi connectivity index (χ0) is 21.2. The van der Waals surface area contributed by atoms with E-state index in [4.69, 9.17) is 4.74 Å². The zero-order valence-electron chi connectivity index (χ0n) is 16.8. The summed E-state index contributed by atoms with van der Waals surface area (Å²) in [7, 11) is 0. The molecule has 2 aromatic carbocycles. The third-order valence-corrected chi connectivity index (χ3v) is 5.14. The number of hydrogen-bond acceptors (Lipinski definition) is 6.